The maximum atomic E-state index is 16.3. The fraction of sp³-hybridized carbons (Fsp3) is 0.472. The Morgan fingerprint density at radius 2 is 1.76 bits per heavy atom. The standard InChI is InChI=1S/C36H41F4N3O3/c1-24-15-26-16-28(46-20-25-7-4-3-5-8-25)9-10-29(26)34(43(24)21-35(2,39)40)33-30(37)17-27(18-31(33)38)42-13-6-11-36(23-42)12-14-41(22-36)19-32(44)45/h3-5,7-10,16-18,24,34H,6,11-15,19-23H2,1-2H3,(H,44,45)/t24-,34?,36?/m1/s1. The van der Waals surface area contributed by atoms with E-state index in [2.05, 4.69) is 0 Å². The van der Waals surface area contributed by atoms with Crippen LogP contribution in [0, 0.1) is 17.0 Å². The van der Waals surface area contributed by atoms with E-state index in [1.54, 1.807) is 12.1 Å². The van der Waals surface area contributed by atoms with Crippen molar-refractivity contribution in [3.05, 3.63) is 94.6 Å². The van der Waals surface area contributed by atoms with E-state index in [-0.39, 0.29) is 17.5 Å². The van der Waals surface area contributed by atoms with Crippen LogP contribution in [0.1, 0.15) is 61.4 Å². The van der Waals surface area contributed by atoms with Crippen molar-refractivity contribution in [2.45, 2.75) is 64.1 Å². The van der Waals surface area contributed by atoms with Crippen molar-refractivity contribution in [1.82, 2.24) is 9.80 Å². The minimum absolute atomic E-state index is 0.0189. The van der Waals surface area contributed by atoms with Crippen LogP contribution >= 0.6 is 0 Å². The molecular weight excluding hydrogens is 598 g/mol. The molecule has 0 aliphatic carbocycles. The van der Waals surface area contributed by atoms with Gasteiger partial charge in [0.05, 0.1) is 19.1 Å². The van der Waals surface area contributed by atoms with Gasteiger partial charge in [-0.2, -0.15) is 0 Å². The Morgan fingerprint density at radius 1 is 1.02 bits per heavy atom. The predicted octanol–water partition coefficient (Wildman–Crippen LogP) is 6.91. The number of benzene rings is 3. The summed E-state index contributed by atoms with van der Waals surface area (Å²) >= 11 is 0. The van der Waals surface area contributed by atoms with Gasteiger partial charge in [-0.15, -0.1) is 0 Å². The number of nitrogens with zero attached hydrogens (tertiary/aromatic N) is 3. The van der Waals surface area contributed by atoms with E-state index < -0.39 is 42.2 Å². The lowest BCUT2D eigenvalue weighted by molar-refractivity contribution is -0.138. The second-order valence-corrected chi connectivity index (χ2v) is 13.5. The number of likely N-dealkylation sites (tertiary alicyclic amines) is 1. The van der Waals surface area contributed by atoms with Crippen molar-refractivity contribution in [2.24, 2.45) is 5.41 Å². The van der Waals surface area contributed by atoms with E-state index in [1.165, 1.54) is 17.0 Å². The van der Waals surface area contributed by atoms with Crippen molar-refractivity contribution in [3.63, 3.8) is 0 Å². The van der Waals surface area contributed by atoms with Gasteiger partial charge in [0, 0.05) is 49.3 Å². The first-order valence-corrected chi connectivity index (χ1v) is 16.0. The number of rotatable bonds is 9. The third-order valence-corrected chi connectivity index (χ3v) is 9.77. The van der Waals surface area contributed by atoms with Crippen molar-refractivity contribution in [2.75, 3.05) is 44.2 Å². The van der Waals surface area contributed by atoms with Crippen LogP contribution in [-0.2, 0) is 17.8 Å². The molecule has 0 amide bonds. The topological polar surface area (TPSA) is 56.3 Å². The van der Waals surface area contributed by atoms with E-state index in [0.717, 1.165) is 37.3 Å². The number of fused-ring (bicyclic) bond motifs is 1. The Balaban J connectivity index is 1.30. The Bertz CT molecular complexity index is 1540. The molecule has 46 heavy (non-hydrogen) atoms. The largest absolute Gasteiger partial charge is 0.489 e. The van der Waals surface area contributed by atoms with E-state index >= 15 is 8.78 Å². The van der Waals surface area contributed by atoms with Crippen molar-refractivity contribution in [1.29, 1.82) is 0 Å². The zero-order valence-corrected chi connectivity index (χ0v) is 26.3. The minimum Gasteiger partial charge on any atom is -0.489 e. The molecule has 2 fully saturated rings. The molecule has 6 nitrogen and oxygen atoms in total. The highest BCUT2D eigenvalue weighted by atomic mass is 19.3. The molecule has 0 aromatic heterocycles. The zero-order chi connectivity index (χ0) is 32.6. The first kappa shape index (κ1) is 32.3. The molecule has 2 saturated heterocycles. The Morgan fingerprint density at radius 3 is 2.46 bits per heavy atom. The fourth-order valence-corrected chi connectivity index (χ4v) is 7.74. The maximum Gasteiger partial charge on any atom is 0.317 e. The Kier molecular flexibility index (Phi) is 9.04. The summed E-state index contributed by atoms with van der Waals surface area (Å²) < 4.78 is 67.6. The molecule has 246 valence electrons. The number of anilines is 1. The van der Waals surface area contributed by atoms with Crippen LogP contribution in [0.4, 0.5) is 23.2 Å². The van der Waals surface area contributed by atoms with Gasteiger partial charge >= 0.3 is 5.97 Å². The van der Waals surface area contributed by atoms with E-state index in [4.69, 9.17) is 4.74 Å². The molecule has 0 radical (unpaired) electrons. The van der Waals surface area contributed by atoms with Gasteiger partial charge in [-0.3, -0.25) is 14.6 Å². The first-order valence-electron chi connectivity index (χ1n) is 16.0. The van der Waals surface area contributed by atoms with Gasteiger partial charge < -0.3 is 14.7 Å². The third-order valence-electron chi connectivity index (χ3n) is 9.77. The molecule has 3 heterocycles. The molecule has 3 aliphatic heterocycles. The molecule has 0 bridgehead atoms. The predicted molar refractivity (Wildman–Crippen MR) is 168 cm³/mol. The minimum atomic E-state index is -3.08. The van der Waals surface area contributed by atoms with E-state index in [0.29, 0.717) is 56.2 Å². The first-order chi connectivity index (χ1) is 21.9. The number of carboxylic acids is 1. The van der Waals surface area contributed by atoms with Crippen LogP contribution < -0.4 is 9.64 Å². The summed E-state index contributed by atoms with van der Waals surface area (Å²) in [6.45, 7) is 4.84. The molecular formula is C36H41F4N3O3. The third kappa shape index (κ3) is 7.03. The molecule has 3 aromatic carbocycles. The molecule has 2 unspecified atom stereocenters. The SMILES string of the molecule is C[C@@H]1Cc2cc(OCc3ccccc3)ccc2C(c2c(F)cc(N3CCCC4(CCN(CC(=O)O)C4)C3)cc2F)N1CC(C)(F)F. The van der Waals surface area contributed by atoms with Crippen molar-refractivity contribution < 1.29 is 32.2 Å². The van der Waals surface area contributed by atoms with Gasteiger partial charge in [-0.25, -0.2) is 17.6 Å². The van der Waals surface area contributed by atoms with Crippen LogP contribution in [0.15, 0.2) is 60.7 Å². The molecule has 3 aliphatic rings. The number of halogens is 4. The highest BCUT2D eigenvalue weighted by Gasteiger charge is 2.43. The normalized spacial score (nSPS) is 23.9. The Labute approximate surface area is 267 Å². The average Bonchev–Trinajstić information content (AvgIpc) is 3.37. The summed E-state index contributed by atoms with van der Waals surface area (Å²) in [6, 6.07) is 16.2. The number of ether oxygens (including phenoxy) is 1. The van der Waals surface area contributed by atoms with Gasteiger partial charge in [0.2, 0.25) is 0 Å². The molecule has 1 spiro atoms. The summed E-state index contributed by atoms with van der Waals surface area (Å²) in [5.74, 6) is -4.88. The second-order valence-electron chi connectivity index (χ2n) is 13.5. The van der Waals surface area contributed by atoms with E-state index in [9.17, 15) is 18.7 Å². The Hall–Kier alpha value is -3.63. The van der Waals surface area contributed by atoms with E-state index in [1.807, 2.05) is 53.1 Å². The van der Waals surface area contributed by atoms with Gasteiger partial charge in [0.25, 0.3) is 5.92 Å². The lowest BCUT2D eigenvalue weighted by Gasteiger charge is -2.44. The van der Waals surface area contributed by atoms with Crippen LogP contribution in [0.3, 0.4) is 0 Å². The van der Waals surface area contributed by atoms with Crippen molar-refractivity contribution in [3.8, 4) is 5.75 Å². The van der Waals surface area contributed by atoms with Crippen molar-refractivity contribution >= 4 is 11.7 Å². The average molecular weight is 640 g/mol. The van der Waals surface area contributed by atoms with Crippen LogP contribution in [-0.4, -0.2) is 72.1 Å². The summed E-state index contributed by atoms with van der Waals surface area (Å²) in [4.78, 5) is 16.7. The number of hydrogen-bond donors (Lipinski definition) is 1. The highest BCUT2D eigenvalue weighted by Crippen LogP contribution is 2.45. The smallest absolute Gasteiger partial charge is 0.317 e. The van der Waals surface area contributed by atoms with Gasteiger partial charge in [0.1, 0.15) is 24.0 Å². The quantitative estimate of drug-likeness (QED) is 0.257. The lowest BCUT2D eigenvalue weighted by atomic mass is 9.79. The van der Waals surface area contributed by atoms with Crippen LogP contribution in [0.5, 0.6) is 5.75 Å². The monoisotopic (exact) mass is 639 g/mol. The maximum absolute atomic E-state index is 16.3. The molecule has 6 rings (SSSR count). The number of aliphatic carboxylic acids is 1. The number of piperidine rings is 1. The molecule has 3 aromatic rings. The number of hydrogen-bond acceptors (Lipinski definition) is 5. The summed E-state index contributed by atoms with van der Waals surface area (Å²) in [6.07, 6.45) is 3.01. The number of carboxylic acid groups (broad SMARTS) is 1. The summed E-state index contributed by atoms with van der Waals surface area (Å²) in [5, 5.41) is 9.24. The highest BCUT2D eigenvalue weighted by molar-refractivity contribution is 5.69. The lowest BCUT2D eigenvalue weighted by Crippen LogP contribution is -2.48. The second kappa shape index (κ2) is 12.9. The van der Waals surface area contributed by atoms with Gasteiger partial charge in [0.15, 0.2) is 0 Å². The fourth-order valence-electron chi connectivity index (χ4n) is 7.74. The summed E-state index contributed by atoms with van der Waals surface area (Å²) in [5.41, 5.74) is 2.43. The number of alkyl halides is 2. The van der Waals surface area contributed by atoms with Crippen LogP contribution in [0.25, 0.3) is 0 Å². The molecule has 10 heteroatoms. The van der Waals surface area contributed by atoms with Gasteiger partial charge in [-0.1, -0.05) is 36.4 Å². The molecule has 3 atom stereocenters. The van der Waals surface area contributed by atoms with Gasteiger partial charge in [-0.05, 0) is 80.1 Å². The molecule has 0 saturated carbocycles. The van der Waals surface area contributed by atoms with Crippen LogP contribution in [0.2, 0.25) is 0 Å². The number of carbonyl (C=O) groups is 1. The summed E-state index contributed by atoms with van der Waals surface area (Å²) in [7, 11) is 0. The molecule has 1 N–H and O–H groups in total. The zero-order valence-electron chi connectivity index (χ0n) is 26.3.